The average Bonchev–Trinajstić information content (AvgIpc) is 3.41. The van der Waals surface area contributed by atoms with Gasteiger partial charge in [0, 0.05) is 56.9 Å². The Hall–Kier alpha value is -1.44. The molecule has 27 heavy (non-hydrogen) atoms. The van der Waals surface area contributed by atoms with Gasteiger partial charge in [0.05, 0.1) is 17.4 Å². The number of likely N-dealkylation sites (tertiary alicyclic amines) is 1. The van der Waals surface area contributed by atoms with Crippen molar-refractivity contribution in [2.45, 2.75) is 56.9 Å². The molecule has 0 unspecified atom stereocenters. The number of carbonyl (C=O) groups is 1. The van der Waals surface area contributed by atoms with Gasteiger partial charge in [-0.2, -0.15) is 5.10 Å². The number of carbonyl (C=O) groups excluding carboxylic acids is 1. The quantitative estimate of drug-likeness (QED) is 0.832. The monoisotopic (exact) mass is 374 g/mol. The number of amides is 1. The van der Waals surface area contributed by atoms with E-state index >= 15 is 0 Å². The number of fused-ring (bicyclic) bond motifs is 1. The Morgan fingerprint density at radius 3 is 3.00 bits per heavy atom. The SMILES string of the molecule is Cc1ccn(CC(=O)NC[C@H]2[C@H]3CN(C4CCOCC4)C[C@]34CC[C@H]2O4)n1. The van der Waals surface area contributed by atoms with Crippen LogP contribution < -0.4 is 5.32 Å². The molecule has 4 aliphatic heterocycles. The van der Waals surface area contributed by atoms with Gasteiger partial charge < -0.3 is 14.8 Å². The molecule has 1 amide bonds. The van der Waals surface area contributed by atoms with Gasteiger partial charge in [0.15, 0.2) is 0 Å². The molecule has 0 radical (unpaired) electrons. The lowest BCUT2D eigenvalue weighted by atomic mass is 9.73. The molecule has 4 aliphatic rings. The fourth-order valence-corrected chi connectivity index (χ4v) is 5.81. The normalized spacial score (nSPS) is 36.3. The van der Waals surface area contributed by atoms with E-state index in [1.807, 2.05) is 19.2 Å². The molecule has 1 N–H and O–H groups in total. The highest BCUT2D eigenvalue weighted by Crippen LogP contribution is 2.55. The number of hydrogen-bond donors (Lipinski definition) is 1. The molecule has 1 aromatic rings. The summed E-state index contributed by atoms with van der Waals surface area (Å²) in [5, 5.41) is 7.45. The van der Waals surface area contributed by atoms with Gasteiger partial charge in [-0.1, -0.05) is 0 Å². The molecule has 7 nitrogen and oxygen atoms in total. The molecule has 1 aromatic heterocycles. The van der Waals surface area contributed by atoms with Crippen molar-refractivity contribution in [3.63, 3.8) is 0 Å². The standard InChI is InChI=1S/C20H30N4O3/c1-14-3-7-24(22-14)12-19(25)21-10-16-17-11-23(15-4-8-26-9-5-15)13-20(17)6-2-18(16)27-20/h3,7,15-18H,2,4-6,8-13H2,1H3,(H,21,25)/t16-,17+,18+,20+/m0/s1. The average molecular weight is 374 g/mol. The van der Waals surface area contributed by atoms with E-state index in [9.17, 15) is 4.79 Å². The Bertz CT molecular complexity index is 701. The first-order valence-corrected chi connectivity index (χ1v) is 10.4. The molecule has 5 heterocycles. The number of rotatable bonds is 5. The van der Waals surface area contributed by atoms with Crippen LogP contribution in [-0.2, 0) is 20.8 Å². The van der Waals surface area contributed by atoms with E-state index in [0.29, 0.717) is 24.0 Å². The van der Waals surface area contributed by atoms with Crippen LogP contribution in [0.1, 0.15) is 31.4 Å². The molecule has 4 saturated heterocycles. The Morgan fingerprint density at radius 1 is 1.37 bits per heavy atom. The minimum Gasteiger partial charge on any atom is -0.381 e. The largest absolute Gasteiger partial charge is 0.381 e. The van der Waals surface area contributed by atoms with Crippen molar-refractivity contribution in [2.24, 2.45) is 11.8 Å². The maximum Gasteiger partial charge on any atom is 0.241 e. The number of ether oxygens (including phenoxy) is 2. The third-order valence-corrected chi connectivity index (χ3v) is 7.13. The molecule has 0 aromatic carbocycles. The minimum absolute atomic E-state index is 0.0363. The summed E-state index contributed by atoms with van der Waals surface area (Å²) in [5.41, 5.74) is 0.975. The summed E-state index contributed by atoms with van der Waals surface area (Å²) in [6, 6.07) is 2.56. The third kappa shape index (κ3) is 3.19. The number of nitrogens with one attached hydrogen (secondary N) is 1. The molecular weight excluding hydrogens is 344 g/mol. The van der Waals surface area contributed by atoms with Crippen molar-refractivity contribution in [1.29, 1.82) is 0 Å². The van der Waals surface area contributed by atoms with Gasteiger partial charge in [-0.15, -0.1) is 0 Å². The second-order valence-electron chi connectivity index (χ2n) is 8.76. The number of aromatic nitrogens is 2. The molecule has 1 spiro atoms. The van der Waals surface area contributed by atoms with Gasteiger partial charge in [-0.05, 0) is 38.7 Å². The second-order valence-corrected chi connectivity index (χ2v) is 8.76. The lowest BCUT2D eigenvalue weighted by Gasteiger charge is -2.32. The van der Waals surface area contributed by atoms with Crippen molar-refractivity contribution in [1.82, 2.24) is 20.0 Å². The maximum absolute atomic E-state index is 12.3. The molecule has 5 rings (SSSR count). The Balaban J connectivity index is 1.20. The highest BCUT2D eigenvalue weighted by atomic mass is 16.5. The summed E-state index contributed by atoms with van der Waals surface area (Å²) in [5.74, 6) is 1.02. The lowest BCUT2D eigenvalue weighted by Crippen LogP contribution is -2.42. The predicted octanol–water partition coefficient (Wildman–Crippen LogP) is 0.966. The van der Waals surface area contributed by atoms with Gasteiger partial charge >= 0.3 is 0 Å². The second kappa shape index (κ2) is 6.87. The fraction of sp³-hybridized carbons (Fsp3) is 0.800. The van der Waals surface area contributed by atoms with Gasteiger partial charge in [0.2, 0.25) is 5.91 Å². The zero-order valence-corrected chi connectivity index (χ0v) is 16.1. The predicted molar refractivity (Wildman–Crippen MR) is 99.2 cm³/mol. The first-order valence-electron chi connectivity index (χ1n) is 10.4. The molecule has 4 atom stereocenters. The molecule has 7 heteroatoms. The zero-order chi connectivity index (χ0) is 18.4. The minimum atomic E-state index is 0.0363. The summed E-state index contributed by atoms with van der Waals surface area (Å²) >= 11 is 0. The van der Waals surface area contributed by atoms with Crippen LogP contribution in [0, 0.1) is 18.8 Å². The van der Waals surface area contributed by atoms with E-state index in [4.69, 9.17) is 9.47 Å². The van der Waals surface area contributed by atoms with Crippen molar-refractivity contribution in [3.05, 3.63) is 18.0 Å². The Morgan fingerprint density at radius 2 is 2.22 bits per heavy atom. The van der Waals surface area contributed by atoms with Crippen LogP contribution in [-0.4, -0.2) is 71.2 Å². The van der Waals surface area contributed by atoms with Crippen LogP contribution in [0.3, 0.4) is 0 Å². The number of aryl methyl sites for hydroxylation is 1. The topological polar surface area (TPSA) is 68.6 Å². The van der Waals surface area contributed by atoms with Crippen LogP contribution in [0.15, 0.2) is 12.3 Å². The first-order chi connectivity index (χ1) is 13.1. The van der Waals surface area contributed by atoms with Gasteiger partial charge in [0.25, 0.3) is 0 Å². The van der Waals surface area contributed by atoms with E-state index < -0.39 is 0 Å². The highest BCUT2D eigenvalue weighted by molar-refractivity contribution is 5.75. The van der Waals surface area contributed by atoms with Crippen molar-refractivity contribution in [3.8, 4) is 0 Å². The molecule has 4 fully saturated rings. The van der Waals surface area contributed by atoms with Crippen LogP contribution in [0.2, 0.25) is 0 Å². The van der Waals surface area contributed by atoms with Gasteiger partial charge in [0.1, 0.15) is 6.54 Å². The van der Waals surface area contributed by atoms with E-state index in [-0.39, 0.29) is 18.1 Å². The summed E-state index contributed by atoms with van der Waals surface area (Å²) < 4.78 is 13.8. The third-order valence-electron chi connectivity index (χ3n) is 7.13. The summed E-state index contributed by atoms with van der Waals surface area (Å²) in [6.07, 6.45) is 6.76. The van der Waals surface area contributed by atoms with E-state index in [0.717, 1.165) is 57.8 Å². The van der Waals surface area contributed by atoms with Crippen LogP contribution in [0.25, 0.3) is 0 Å². The molecule has 2 bridgehead atoms. The van der Waals surface area contributed by atoms with Crippen LogP contribution >= 0.6 is 0 Å². The molecule has 0 aliphatic carbocycles. The smallest absolute Gasteiger partial charge is 0.241 e. The fourth-order valence-electron chi connectivity index (χ4n) is 5.81. The molecular formula is C20H30N4O3. The highest BCUT2D eigenvalue weighted by Gasteiger charge is 2.63. The van der Waals surface area contributed by atoms with Crippen LogP contribution in [0.4, 0.5) is 0 Å². The summed E-state index contributed by atoms with van der Waals surface area (Å²) in [4.78, 5) is 15.0. The van der Waals surface area contributed by atoms with E-state index in [2.05, 4.69) is 15.3 Å². The zero-order valence-electron chi connectivity index (χ0n) is 16.1. The first kappa shape index (κ1) is 17.6. The summed E-state index contributed by atoms with van der Waals surface area (Å²) in [6.45, 7) is 6.89. The van der Waals surface area contributed by atoms with Gasteiger partial charge in [-0.25, -0.2) is 0 Å². The van der Waals surface area contributed by atoms with Crippen molar-refractivity contribution >= 4 is 5.91 Å². The lowest BCUT2D eigenvalue weighted by molar-refractivity contribution is -0.122. The van der Waals surface area contributed by atoms with Crippen molar-refractivity contribution < 1.29 is 14.3 Å². The van der Waals surface area contributed by atoms with E-state index in [1.165, 1.54) is 6.42 Å². The maximum atomic E-state index is 12.3. The summed E-state index contributed by atoms with van der Waals surface area (Å²) in [7, 11) is 0. The van der Waals surface area contributed by atoms with Gasteiger partial charge in [-0.3, -0.25) is 14.4 Å². The Kier molecular flexibility index (Phi) is 4.49. The van der Waals surface area contributed by atoms with Crippen molar-refractivity contribution in [2.75, 3.05) is 32.8 Å². The Labute approximate surface area is 160 Å². The number of nitrogens with zero attached hydrogens (tertiary/aromatic N) is 3. The molecule has 148 valence electrons. The van der Waals surface area contributed by atoms with E-state index in [1.54, 1.807) is 4.68 Å². The number of hydrogen-bond acceptors (Lipinski definition) is 5. The molecule has 0 saturated carbocycles. The van der Waals surface area contributed by atoms with Crippen LogP contribution in [0.5, 0.6) is 0 Å².